The van der Waals surface area contributed by atoms with Gasteiger partial charge >= 0.3 is 17.6 Å². The fourth-order valence-electron chi connectivity index (χ4n) is 4.17. The molecule has 2 aliphatic heterocycles. The van der Waals surface area contributed by atoms with Gasteiger partial charge in [0, 0.05) is 25.0 Å². The minimum atomic E-state index is -1.11. The highest BCUT2D eigenvalue weighted by Crippen LogP contribution is 2.44. The zero-order chi connectivity index (χ0) is 26.7. The van der Waals surface area contributed by atoms with Crippen LogP contribution in [0.5, 0.6) is 23.0 Å². The third-order valence-electron chi connectivity index (χ3n) is 5.78. The molecular formula is C25H24N2O10. The molecule has 2 aromatic rings. The van der Waals surface area contributed by atoms with Crippen LogP contribution in [0.15, 0.2) is 53.9 Å². The summed E-state index contributed by atoms with van der Waals surface area (Å²) in [6.07, 6.45) is 2.99. The van der Waals surface area contributed by atoms with Crippen LogP contribution < -0.4 is 14.2 Å². The molecule has 0 bridgehead atoms. The first-order valence-electron chi connectivity index (χ1n) is 11.2. The van der Waals surface area contributed by atoms with E-state index in [1.54, 1.807) is 24.0 Å². The number of phenolic OH excluding ortho intramolecular Hbond substituents is 1. The summed E-state index contributed by atoms with van der Waals surface area (Å²) in [6, 6.07) is 7.78. The number of nitro benzene ring substituents is 1. The molecule has 4 rings (SSSR count). The highest BCUT2D eigenvalue weighted by atomic mass is 16.7. The first-order chi connectivity index (χ1) is 17.8. The fraction of sp³-hybridized carbons (Fsp3) is 0.280. The predicted molar refractivity (Wildman–Crippen MR) is 127 cm³/mol. The number of esters is 2. The van der Waals surface area contributed by atoms with Crippen molar-refractivity contribution in [2.24, 2.45) is 0 Å². The summed E-state index contributed by atoms with van der Waals surface area (Å²) >= 11 is 0. The second kappa shape index (κ2) is 10.5. The number of benzene rings is 2. The van der Waals surface area contributed by atoms with E-state index in [2.05, 4.69) is 0 Å². The standard InChI is InChI=1S/C25H24N2O10/c1-4-35-21-9-15(8-18(23(21)28)27(31)32)22-16(24(29)33-2)11-26(12-17(22)25(30)34-3)10-14-5-6-19-20(7-14)37-13-36-19/h5-9,11-12,22,28H,4,10,13H2,1-3H3. The molecule has 0 saturated carbocycles. The monoisotopic (exact) mass is 512 g/mol. The lowest BCUT2D eigenvalue weighted by Gasteiger charge is -2.30. The van der Waals surface area contributed by atoms with E-state index in [0.717, 1.165) is 11.6 Å². The van der Waals surface area contributed by atoms with E-state index in [1.807, 2.05) is 6.07 Å². The Hall–Kier alpha value is -4.74. The van der Waals surface area contributed by atoms with Gasteiger partial charge in [0.05, 0.1) is 42.8 Å². The molecule has 37 heavy (non-hydrogen) atoms. The van der Waals surface area contributed by atoms with Gasteiger partial charge in [-0.25, -0.2) is 9.59 Å². The Labute approximate surface area is 211 Å². The first-order valence-corrected chi connectivity index (χ1v) is 11.2. The molecule has 0 unspecified atom stereocenters. The number of hydrogen-bond acceptors (Lipinski definition) is 11. The molecule has 2 aromatic carbocycles. The van der Waals surface area contributed by atoms with Gasteiger partial charge in [-0.3, -0.25) is 10.1 Å². The second-order valence-electron chi connectivity index (χ2n) is 8.02. The van der Waals surface area contributed by atoms with E-state index in [9.17, 15) is 24.8 Å². The van der Waals surface area contributed by atoms with Crippen molar-refractivity contribution in [2.45, 2.75) is 19.4 Å². The van der Waals surface area contributed by atoms with Gasteiger partial charge in [0.1, 0.15) is 0 Å². The number of hydrogen-bond donors (Lipinski definition) is 1. The van der Waals surface area contributed by atoms with Crippen LogP contribution in [0.3, 0.4) is 0 Å². The van der Waals surface area contributed by atoms with Gasteiger partial charge < -0.3 is 33.7 Å². The smallest absolute Gasteiger partial charge is 0.336 e. The Morgan fingerprint density at radius 3 is 2.32 bits per heavy atom. The maximum Gasteiger partial charge on any atom is 0.336 e. The number of rotatable bonds is 8. The Morgan fingerprint density at radius 1 is 1.08 bits per heavy atom. The van der Waals surface area contributed by atoms with Gasteiger partial charge in [-0.2, -0.15) is 0 Å². The molecule has 1 N–H and O–H groups in total. The zero-order valence-corrected chi connectivity index (χ0v) is 20.3. The first kappa shape index (κ1) is 25.4. The van der Waals surface area contributed by atoms with E-state index in [1.165, 1.54) is 32.7 Å². The number of carbonyl (C=O) groups excluding carboxylic acids is 2. The molecule has 2 heterocycles. The van der Waals surface area contributed by atoms with Gasteiger partial charge in [0.2, 0.25) is 12.5 Å². The van der Waals surface area contributed by atoms with Gasteiger partial charge in [0.15, 0.2) is 17.2 Å². The molecule has 0 fully saturated rings. The second-order valence-corrected chi connectivity index (χ2v) is 8.02. The average Bonchev–Trinajstić information content (AvgIpc) is 3.36. The zero-order valence-electron chi connectivity index (χ0n) is 20.3. The van der Waals surface area contributed by atoms with Crippen molar-refractivity contribution in [3.05, 3.63) is 75.1 Å². The van der Waals surface area contributed by atoms with Crippen molar-refractivity contribution in [1.29, 1.82) is 0 Å². The van der Waals surface area contributed by atoms with E-state index >= 15 is 0 Å². The van der Waals surface area contributed by atoms with Crippen molar-refractivity contribution in [3.63, 3.8) is 0 Å². The molecule has 12 heteroatoms. The normalized spacial score (nSPS) is 14.5. The number of phenols is 1. The number of fused-ring (bicyclic) bond motifs is 1. The van der Waals surface area contributed by atoms with E-state index in [0.29, 0.717) is 11.5 Å². The van der Waals surface area contributed by atoms with Crippen LogP contribution >= 0.6 is 0 Å². The lowest BCUT2D eigenvalue weighted by atomic mass is 9.82. The molecule has 0 aromatic heterocycles. The molecule has 0 saturated heterocycles. The van der Waals surface area contributed by atoms with Crippen LogP contribution in [0, 0.1) is 10.1 Å². The maximum absolute atomic E-state index is 12.9. The molecule has 0 aliphatic carbocycles. The number of ether oxygens (including phenoxy) is 5. The van der Waals surface area contributed by atoms with Crippen LogP contribution in [0.25, 0.3) is 0 Å². The van der Waals surface area contributed by atoms with Crippen LogP contribution in [0.1, 0.15) is 24.0 Å². The van der Waals surface area contributed by atoms with E-state index in [-0.39, 0.29) is 42.4 Å². The van der Waals surface area contributed by atoms with Gasteiger partial charge in [-0.05, 0) is 36.2 Å². The van der Waals surface area contributed by atoms with Crippen molar-refractivity contribution in [2.75, 3.05) is 27.6 Å². The van der Waals surface area contributed by atoms with Crippen LogP contribution in [0.2, 0.25) is 0 Å². The molecular weight excluding hydrogens is 488 g/mol. The Kier molecular flexibility index (Phi) is 7.18. The molecule has 0 radical (unpaired) electrons. The van der Waals surface area contributed by atoms with Gasteiger partial charge in [0.25, 0.3) is 0 Å². The number of nitro groups is 1. The summed E-state index contributed by atoms with van der Waals surface area (Å²) in [5.41, 5.74) is 0.353. The predicted octanol–water partition coefficient (Wildman–Crippen LogP) is 3.14. The molecule has 0 atom stereocenters. The summed E-state index contributed by atoms with van der Waals surface area (Å²) in [4.78, 5) is 38.3. The molecule has 0 amide bonds. The number of carbonyl (C=O) groups is 2. The van der Waals surface area contributed by atoms with Crippen molar-refractivity contribution < 1.29 is 43.3 Å². The summed E-state index contributed by atoms with van der Waals surface area (Å²) in [5, 5.41) is 22.0. The minimum Gasteiger partial charge on any atom is -0.500 e. The highest BCUT2D eigenvalue weighted by molar-refractivity contribution is 5.98. The summed E-state index contributed by atoms with van der Waals surface area (Å²) in [5.74, 6) is -2.27. The SMILES string of the molecule is CCOc1cc(C2C(C(=O)OC)=CN(Cc3ccc4c(c3)OCO4)C=C2C(=O)OC)cc([N+](=O)[O-])c1O. The topological polar surface area (TPSA) is 147 Å². The average molecular weight is 512 g/mol. The summed E-state index contributed by atoms with van der Waals surface area (Å²) in [7, 11) is 2.37. The Morgan fingerprint density at radius 2 is 1.73 bits per heavy atom. The van der Waals surface area contributed by atoms with E-state index in [4.69, 9.17) is 23.7 Å². The fourth-order valence-corrected chi connectivity index (χ4v) is 4.17. The van der Waals surface area contributed by atoms with Gasteiger partial charge in [-0.1, -0.05) is 6.07 Å². The van der Waals surface area contributed by atoms with Crippen LogP contribution in [-0.4, -0.2) is 54.5 Å². The quantitative estimate of drug-likeness (QED) is 0.316. The van der Waals surface area contributed by atoms with Crippen molar-refractivity contribution >= 4 is 17.6 Å². The number of aromatic hydroxyl groups is 1. The summed E-state index contributed by atoms with van der Waals surface area (Å²) in [6.45, 7) is 2.11. The Bertz CT molecular complexity index is 1280. The van der Waals surface area contributed by atoms with Crippen LogP contribution in [-0.2, 0) is 25.6 Å². The third kappa shape index (κ3) is 4.99. The molecule has 12 nitrogen and oxygen atoms in total. The highest BCUT2D eigenvalue weighted by Gasteiger charge is 2.37. The third-order valence-corrected chi connectivity index (χ3v) is 5.78. The lowest BCUT2D eigenvalue weighted by molar-refractivity contribution is -0.386. The molecule has 2 aliphatic rings. The number of nitrogens with zero attached hydrogens (tertiary/aromatic N) is 2. The van der Waals surface area contributed by atoms with Gasteiger partial charge in [-0.15, -0.1) is 0 Å². The van der Waals surface area contributed by atoms with Crippen molar-refractivity contribution in [3.8, 4) is 23.0 Å². The number of methoxy groups -OCH3 is 2. The lowest BCUT2D eigenvalue weighted by Crippen LogP contribution is -2.28. The van der Waals surface area contributed by atoms with Crippen LogP contribution in [0.4, 0.5) is 5.69 Å². The summed E-state index contributed by atoms with van der Waals surface area (Å²) < 4.78 is 26.1. The van der Waals surface area contributed by atoms with E-state index < -0.39 is 34.2 Å². The minimum absolute atomic E-state index is 0.0218. The largest absolute Gasteiger partial charge is 0.500 e. The maximum atomic E-state index is 12.9. The molecule has 0 spiro atoms. The molecule has 194 valence electrons. The van der Waals surface area contributed by atoms with Crippen molar-refractivity contribution in [1.82, 2.24) is 4.90 Å². The Balaban J connectivity index is 1.82.